The van der Waals surface area contributed by atoms with Crippen LogP contribution in [0.3, 0.4) is 0 Å². The minimum Gasteiger partial charge on any atom is -0.493 e. The Balaban J connectivity index is 2.84. The highest BCUT2D eigenvalue weighted by atomic mass is 16.5. The van der Waals surface area contributed by atoms with E-state index < -0.39 is 0 Å². The van der Waals surface area contributed by atoms with Crippen molar-refractivity contribution >= 4 is 5.91 Å². The molecule has 1 atom stereocenters. The molecule has 118 valence electrons. The van der Waals surface area contributed by atoms with E-state index in [1.54, 1.807) is 14.2 Å². The van der Waals surface area contributed by atoms with E-state index in [1.165, 1.54) is 0 Å². The third-order valence-electron chi connectivity index (χ3n) is 3.66. The van der Waals surface area contributed by atoms with Crippen molar-refractivity contribution in [2.24, 2.45) is 5.92 Å². The second kappa shape index (κ2) is 8.55. The van der Waals surface area contributed by atoms with Gasteiger partial charge in [0.25, 0.3) is 0 Å². The van der Waals surface area contributed by atoms with Crippen LogP contribution >= 0.6 is 0 Å². The molecule has 1 unspecified atom stereocenters. The lowest BCUT2D eigenvalue weighted by Gasteiger charge is -2.24. The number of hydrogen-bond donors (Lipinski definition) is 0. The number of benzene rings is 1. The maximum atomic E-state index is 12.4. The Kier molecular flexibility index (Phi) is 7.06. The first-order chi connectivity index (χ1) is 10.1. The lowest BCUT2D eigenvalue weighted by Crippen LogP contribution is -2.34. The van der Waals surface area contributed by atoms with E-state index in [9.17, 15) is 4.79 Å². The van der Waals surface area contributed by atoms with Gasteiger partial charge >= 0.3 is 0 Å². The van der Waals surface area contributed by atoms with E-state index in [1.807, 2.05) is 36.9 Å². The fourth-order valence-corrected chi connectivity index (χ4v) is 2.41. The summed E-state index contributed by atoms with van der Waals surface area (Å²) >= 11 is 0. The molecule has 1 aromatic rings. The summed E-state index contributed by atoms with van der Waals surface area (Å²) in [5.41, 5.74) is 1.05. The zero-order chi connectivity index (χ0) is 15.8. The van der Waals surface area contributed by atoms with E-state index in [0.29, 0.717) is 24.6 Å². The monoisotopic (exact) mass is 293 g/mol. The van der Waals surface area contributed by atoms with Crippen molar-refractivity contribution in [2.45, 2.75) is 40.2 Å². The fourth-order valence-electron chi connectivity index (χ4n) is 2.41. The molecule has 0 radical (unpaired) electrons. The molecule has 1 rings (SSSR count). The van der Waals surface area contributed by atoms with Crippen LogP contribution in [0.4, 0.5) is 0 Å². The number of carbonyl (C=O) groups is 1. The smallest absolute Gasteiger partial charge is 0.225 e. The van der Waals surface area contributed by atoms with Crippen LogP contribution in [0.25, 0.3) is 0 Å². The summed E-state index contributed by atoms with van der Waals surface area (Å²) in [6.07, 6.45) is 1.96. The van der Waals surface area contributed by atoms with Crippen LogP contribution in [0.5, 0.6) is 11.5 Å². The molecule has 0 N–H and O–H groups in total. The molecule has 1 amide bonds. The second-order valence-corrected chi connectivity index (χ2v) is 5.23. The van der Waals surface area contributed by atoms with Gasteiger partial charge in [-0.1, -0.05) is 26.3 Å². The zero-order valence-corrected chi connectivity index (χ0v) is 13.8. The Morgan fingerprint density at radius 1 is 1.19 bits per heavy atom. The Morgan fingerprint density at radius 2 is 1.86 bits per heavy atom. The molecule has 0 saturated carbocycles. The van der Waals surface area contributed by atoms with Gasteiger partial charge in [-0.2, -0.15) is 0 Å². The first kappa shape index (κ1) is 17.3. The molecule has 0 heterocycles. The van der Waals surface area contributed by atoms with Gasteiger partial charge in [-0.3, -0.25) is 4.79 Å². The number of amides is 1. The van der Waals surface area contributed by atoms with Crippen molar-refractivity contribution in [1.82, 2.24) is 4.90 Å². The molecule has 0 fully saturated rings. The molecular weight excluding hydrogens is 266 g/mol. The highest BCUT2D eigenvalue weighted by Gasteiger charge is 2.19. The van der Waals surface area contributed by atoms with Gasteiger partial charge in [0.2, 0.25) is 5.91 Å². The Labute approximate surface area is 128 Å². The molecule has 1 aromatic carbocycles. The number of nitrogens with zero attached hydrogens (tertiary/aromatic N) is 1. The maximum absolute atomic E-state index is 12.4. The van der Waals surface area contributed by atoms with Crippen LogP contribution in [-0.2, 0) is 11.3 Å². The van der Waals surface area contributed by atoms with Gasteiger partial charge in [-0.05, 0) is 31.0 Å². The molecule has 0 bridgehead atoms. The molecule has 0 aliphatic rings. The Bertz CT molecular complexity index is 459. The van der Waals surface area contributed by atoms with E-state index in [2.05, 4.69) is 6.92 Å². The normalized spacial score (nSPS) is 11.9. The summed E-state index contributed by atoms with van der Waals surface area (Å²) in [6, 6.07) is 5.78. The van der Waals surface area contributed by atoms with Gasteiger partial charge in [0.05, 0.1) is 14.2 Å². The van der Waals surface area contributed by atoms with E-state index >= 15 is 0 Å². The van der Waals surface area contributed by atoms with Crippen LogP contribution in [0.15, 0.2) is 18.2 Å². The third kappa shape index (κ3) is 4.66. The van der Waals surface area contributed by atoms with Crippen molar-refractivity contribution in [3.05, 3.63) is 23.8 Å². The Morgan fingerprint density at radius 3 is 2.38 bits per heavy atom. The van der Waals surface area contributed by atoms with Crippen LogP contribution < -0.4 is 9.47 Å². The van der Waals surface area contributed by atoms with Crippen molar-refractivity contribution in [3.8, 4) is 11.5 Å². The average molecular weight is 293 g/mol. The number of ether oxygens (including phenoxy) is 2. The molecular formula is C17H27NO3. The zero-order valence-electron chi connectivity index (χ0n) is 13.8. The summed E-state index contributed by atoms with van der Waals surface area (Å²) in [7, 11) is 3.24. The van der Waals surface area contributed by atoms with Gasteiger partial charge < -0.3 is 14.4 Å². The molecule has 0 aromatic heterocycles. The highest BCUT2D eigenvalue weighted by molar-refractivity contribution is 5.78. The molecule has 4 heteroatoms. The highest BCUT2D eigenvalue weighted by Crippen LogP contribution is 2.28. The molecule has 0 saturated heterocycles. The van der Waals surface area contributed by atoms with Crippen molar-refractivity contribution in [1.29, 1.82) is 0 Å². The first-order valence-electron chi connectivity index (χ1n) is 7.57. The van der Waals surface area contributed by atoms with E-state index in [0.717, 1.165) is 18.4 Å². The van der Waals surface area contributed by atoms with Crippen LogP contribution in [0, 0.1) is 5.92 Å². The number of methoxy groups -OCH3 is 2. The summed E-state index contributed by atoms with van der Waals surface area (Å²) in [4.78, 5) is 14.3. The summed E-state index contributed by atoms with van der Waals surface area (Å²) in [6.45, 7) is 7.43. The van der Waals surface area contributed by atoms with Crippen molar-refractivity contribution in [3.63, 3.8) is 0 Å². The van der Waals surface area contributed by atoms with Crippen LogP contribution in [0.1, 0.15) is 39.2 Å². The Hall–Kier alpha value is -1.71. The number of rotatable bonds is 8. The summed E-state index contributed by atoms with van der Waals surface area (Å²) < 4.78 is 10.5. The molecule has 21 heavy (non-hydrogen) atoms. The van der Waals surface area contributed by atoms with Crippen molar-refractivity contribution in [2.75, 3.05) is 20.8 Å². The van der Waals surface area contributed by atoms with Gasteiger partial charge in [0.15, 0.2) is 11.5 Å². The SMILES string of the molecule is CCCC(C)C(=O)N(CC)Cc1ccc(OC)c(OC)c1. The minimum atomic E-state index is 0.0788. The largest absolute Gasteiger partial charge is 0.493 e. The molecule has 0 aliphatic heterocycles. The fraction of sp³-hybridized carbons (Fsp3) is 0.588. The van der Waals surface area contributed by atoms with Gasteiger partial charge in [0, 0.05) is 19.0 Å². The predicted octanol–water partition coefficient (Wildman–Crippen LogP) is 3.49. The van der Waals surface area contributed by atoms with Crippen LogP contribution in [-0.4, -0.2) is 31.6 Å². The molecule has 0 spiro atoms. The van der Waals surface area contributed by atoms with Crippen molar-refractivity contribution < 1.29 is 14.3 Å². The lowest BCUT2D eigenvalue weighted by molar-refractivity contribution is -0.135. The topological polar surface area (TPSA) is 38.8 Å². The maximum Gasteiger partial charge on any atom is 0.225 e. The van der Waals surface area contributed by atoms with Gasteiger partial charge in [0.1, 0.15) is 0 Å². The molecule has 4 nitrogen and oxygen atoms in total. The second-order valence-electron chi connectivity index (χ2n) is 5.23. The predicted molar refractivity (Wildman–Crippen MR) is 84.7 cm³/mol. The third-order valence-corrected chi connectivity index (χ3v) is 3.66. The van der Waals surface area contributed by atoms with E-state index in [-0.39, 0.29) is 11.8 Å². The van der Waals surface area contributed by atoms with E-state index in [4.69, 9.17) is 9.47 Å². The van der Waals surface area contributed by atoms with Gasteiger partial charge in [-0.25, -0.2) is 0 Å². The summed E-state index contributed by atoms with van der Waals surface area (Å²) in [5, 5.41) is 0. The lowest BCUT2D eigenvalue weighted by atomic mass is 10.0. The summed E-state index contributed by atoms with van der Waals surface area (Å²) in [5.74, 6) is 1.69. The standard InChI is InChI=1S/C17H27NO3/c1-6-8-13(3)17(19)18(7-2)12-14-9-10-15(20-4)16(11-14)21-5/h9-11,13H,6-8,12H2,1-5H3. The number of hydrogen-bond acceptors (Lipinski definition) is 3. The van der Waals surface area contributed by atoms with Crippen LogP contribution in [0.2, 0.25) is 0 Å². The van der Waals surface area contributed by atoms with Gasteiger partial charge in [-0.15, -0.1) is 0 Å². The quantitative estimate of drug-likeness (QED) is 0.736. The average Bonchev–Trinajstić information content (AvgIpc) is 2.51. The molecule has 0 aliphatic carbocycles. The number of carbonyl (C=O) groups excluding carboxylic acids is 1. The first-order valence-corrected chi connectivity index (χ1v) is 7.57. The minimum absolute atomic E-state index is 0.0788.